The minimum atomic E-state index is 0.0328. The summed E-state index contributed by atoms with van der Waals surface area (Å²) in [5, 5.41) is 18.1. The van der Waals surface area contributed by atoms with Crippen molar-refractivity contribution < 1.29 is 19.7 Å². The van der Waals surface area contributed by atoms with Crippen molar-refractivity contribution >= 4 is 0 Å². The van der Waals surface area contributed by atoms with E-state index in [2.05, 4.69) is 6.07 Å². The van der Waals surface area contributed by atoms with Crippen molar-refractivity contribution in [2.45, 2.75) is 26.4 Å². The highest BCUT2D eigenvalue weighted by Gasteiger charge is 2.01. The highest BCUT2D eigenvalue weighted by Crippen LogP contribution is 2.17. The molecule has 3 aromatic carbocycles. The molecule has 0 aliphatic rings. The van der Waals surface area contributed by atoms with E-state index in [4.69, 9.17) is 19.7 Å². The molecule has 0 atom stereocenters. The highest BCUT2D eigenvalue weighted by molar-refractivity contribution is 5.29. The predicted molar refractivity (Wildman–Crippen MR) is 99.8 cm³/mol. The van der Waals surface area contributed by atoms with Crippen LogP contribution in [-0.2, 0) is 26.4 Å². The van der Waals surface area contributed by atoms with E-state index in [-0.39, 0.29) is 13.2 Å². The lowest BCUT2D eigenvalue weighted by atomic mass is 10.1. The molecule has 0 spiro atoms. The van der Waals surface area contributed by atoms with Crippen LogP contribution in [0.5, 0.6) is 11.5 Å². The van der Waals surface area contributed by atoms with Crippen molar-refractivity contribution in [3.05, 3.63) is 95.1 Å². The second-order valence-corrected chi connectivity index (χ2v) is 6.00. The van der Waals surface area contributed by atoms with Crippen LogP contribution in [0.25, 0.3) is 0 Å². The number of rotatable bonds is 8. The Morgan fingerprint density at radius 3 is 1.35 bits per heavy atom. The summed E-state index contributed by atoms with van der Waals surface area (Å²) in [4.78, 5) is 0. The SMILES string of the molecule is OCc1ccc(OCc2cccc(COc3ccc(CO)cc3)c2)cc1. The van der Waals surface area contributed by atoms with Crippen LogP contribution in [0.2, 0.25) is 0 Å². The largest absolute Gasteiger partial charge is 0.489 e. The number of hydrogen-bond donors (Lipinski definition) is 2. The van der Waals surface area contributed by atoms with Gasteiger partial charge in [0, 0.05) is 0 Å². The third-order valence-corrected chi connectivity index (χ3v) is 4.01. The van der Waals surface area contributed by atoms with Crippen molar-refractivity contribution in [2.75, 3.05) is 0 Å². The van der Waals surface area contributed by atoms with E-state index in [1.165, 1.54) is 0 Å². The standard InChI is InChI=1S/C22H22O4/c23-13-17-4-8-21(9-5-17)25-15-19-2-1-3-20(12-19)16-26-22-10-6-18(14-24)7-11-22/h1-12,23-24H,13-16H2. The van der Waals surface area contributed by atoms with Crippen LogP contribution in [0.3, 0.4) is 0 Å². The van der Waals surface area contributed by atoms with E-state index >= 15 is 0 Å². The Morgan fingerprint density at radius 1 is 0.538 bits per heavy atom. The average Bonchev–Trinajstić information content (AvgIpc) is 2.72. The molecule has 0 amide bonds. The molecular weight excluding hydrogens is 328 g/mol. The monoisotopic (exact) mass is 350 g/mol. The molecule has 3 rings (SSSR count). The lowest BCUT2D eigenvalue weighted by molar-refractivity contribution is 0.280. The van der Waals surface area contributed by atoms with Gasteiger partial charge >= 0.3 is 0 Å². The van der Waals surface area contributed by atoms with Gasteiger partial charge in [0.05, 0.1) is 13.2 Å². The molecule has 0 heterocycles. The Hall–Kier alpha value is -2.82. The van der Waals surface area contributed by atoms with Crippen LogP contribution in [0.1, 0.15) is 22.3 Å². The fourth-order valence-electron chi connectivity index (χ4n) is 2.52. The quantitative estimate of drug-likeness (QED) is 0.648. The molecule has 0 aliphatic heterocycles. The summed E-state index contributed by atoms with van der Waals surface area (Å²) >= 11 is 0. The third-order valence-electron chi connectivity index (χ3n) is 4.01. The molecular formula is C22H22O4. The maximum absolute atomic E-state index is 9.06. The first-order valence-electron chi connectivity index (χ1n) is 8.50. The minimum Gasteiger partial charge on any atom is -0.489 e. The normalized spacial score (nSPS) is 10.5. The van der Waals surface area contributed by atoms with Gasteiger partial charge in [-0.15, -0.1) is 0 Å². The number of ether oxygens (including phenoxy) is 2. The van der Waals surface area contributed by atoms with Gasteiger partial charge in [0.1, 0.15) is 24.7 Å². The number of aliphatic hydroxyl groups is 2. The maximum atomic E-state index is 9.06. The molecule has 2 N–H and O–H groups in total. The van der Waals surface area contributed by atoms with Crippen molar-refractivity contribution in [3.8, 4) is 11.5 Å². The van der Waals surface area contributed by atoms with Crippen LogP contribution >= 0.6 is 0 Å². The van der Waals surface area contributed by atoms with Crippen LogP contribution < -0.4 is 9.47 Å². The van der Waals surface area contributed by atoms with E-state index in [9.17, 15) is 0 Å². The van der Waals surface area contributed by atoms with E-state index in [0.717, 1.165) is 33.8 Å². The maximum Gasteiger partial charge on any atom is 0.119 e. The first-order chi connectivity index (χ1) is 12.8. The Morgan fingerprint density at radius 2 is 0.962 bits per heavy atom. The first-order valence-corrected chi connectivity index (χ1v) is 8.50. The smallest absolute Gasteiger partial charge is 0.119 e. The van der Waals surface area contributed by atoms with Crippen molar-refractivity contribution in [2.24, 2.45) is 0 Å². The first kappa shape index (κ1) is 18.0. The number of benzene rings is 3. The minimum absolute atomic E-state index is 0.0328. The van der Waals surface area contributed by atoms with Crippen LogP contribution in [0.15, 0.2) is 72.8 Å². The molecule has 134 valence electrons. The van der Waals surface area contributed by atoms with E-state index in [1.807, 2.05) is 66.7 Å². The fourth-order valence-corrected chi connectivity index (χ4v) is 2.52. The molecule has 0 unspecified atom stereocenters. The summed E-state index contributed by atoms with van der Waals surface area (Å²) in [5.41, 5.74) is 3.85. The summed E-state index contributed by atoms with van der Waals surface area (Å²) in [5.74, 6) is 1.54. The molecule has 0 bridgehead atoms. The Bertz CT molecular complexity index is 744. The molecule has 4 heteroatoms. The zero-order chi connectivity index (χ0) is 18.2. The molecule has 0 aromatic heterocycles. The molecule has 0 saturated heterocycles. The Labute approximate surface area is 153 Å². The van der Waals surface area contributed by atoms with Gasteiger partial charge in [-0.25, -0.2) is 0 Å². The van der Waals surface area contributed by atoms with Crippen molar-refractivity contribution in [1.29, 1.82) is 0 Å². The zero-order valence-corrected chi connectivity index (χ0v) is 14.5. The molecule has 26 heavy (non-hydrogen) atoms. The topological polar surface area (TPSA) is 58.9 Å². The van der Waals surface area contributed by atoms with Gasteiger partial charge in [0.15, 0.2) is 0 Å². The van der Waals surface area contributed by atoms with Gasteiger partial charge in [-0.1, -0.05) is 42.5 Å². The Kier molecular flexibility index (Phi) is 6.25. The second-order valence-electron chi connectivity index (χ2n) is 6.00. The van der Waals surface area contributed by atoms with Gasteiger partial charge in [-0.2, -0.15) is 0 Å². The van der Waals surface area contributed by atoms with Crippen molar-refractivity contribution in [1.82, 2.24) is 0 Å². The van der Waals surface area contributed by atoms with Crippen LogP contribution in [0, 0.1) is 0 Å². The van der Waals surface area contributed by atoms with E-state index in [0.29, 0.717) is 13.2 Å². The molecule has 4 nitrogen and oxygen atoms in total. The number of hydrogen-bond acceptors (Lipinski definition) is 4. The predicted octanol–water partition coefficient (Wildman–Crippen LogP) is 3.83. The lowest BCUT2D eigenvalue weighted by Gasteiger charge is -2.10. The summed E-state index contributed by atoms with van der Waals surface area (Å²) in [6, 6.07) is 22.9. The molecule has 0 fully saturated rings. The fraction of sp³-hybridized carbons (Fsp3) is 0.182. The molecule has 0 radical (unpaired) electrons. The molecule has 3 aromatic rings. The second kappa shape index (κ2) is 9.04. The summed E-state index contributed by atoms with van der Waals surface area (Å²) in [6.45, 7) is 1.01. The van der Waals surface area contributed by atoms with Crippen molar-refractivity contribution in [3.63, 3.8) is 0 Å². The third kappa shape index (κ3) is 5.09. The highest BCUT2D eigenvalue weighted by atomic mass is 16.5. The summed E-state index contributed by atoms with van der Waals surface area (Å²) in [6.07, 6.45) is 0. The average molecular weight is 350 g/mol. The Balaban J connectivity index is 1.55. The van der Waals surface area contributed by atoms with Crippen LogP contribution in [-0.4, -0.2) is 10.2 Å². The van der Waals surface area contributed by atoms with Crippen LogP contribution in [0.4, 0.5) is 0 Å². The van der Waals surface area contributed by atoms with E-state index < -0.39 is 0 Å². The van der Waals surface area contributed by atoms with Gasteiger partial charge < -0.3 is 19.7 Å². The number of aliphatic hydroxyl groups excluding tert-OH is 2. The van der Waals surface area contributed by atoms with Gasteiger partial charge in [0.2, 0.25) is 0 Å². The van der Waals surface area contributed by atoms with Gasteiger partial charge in [-0.05, 0) is 52.6 Å². The zero-order valence-electron chi connectivity index (χ0n) is 14.5. The summed E-state index contributed by atoms with van der Waals surface area (Å²) in [7, 11) is 0. The van der Waals surface area contributed by atoms with Gasteiger partial charge in [0.25, 0.3) is 0 Å². The summed E-state index contributed by atoms with van der Waals surface area (Å²) < 4.78 is 11.6. The van der Waals surface area contributed by atoms with Gasteiger partial charge in [-0.3, -0.25) is 0 Å². The van der Waals surface area contributed by atoms with E-state index in [1.54, 1.807) is 0 Å². The lowest BCUT2D eigenvalue weighted by Crippen LogP contribution is -1.99. The molecule has 0 aliphatic carbocycles. The molecule has 0 saturated carbocycles.